The maximum absolute atomic E-state index is 5.56. The highest BCUT2D eigenvalue weighted by Gasteiger charge is 2.04. The molecule has 0 unspecified atom stereocenters. The van der Waals surface area contributed by atoms with E-state index in [2.05, 4.69) is 45.3 Å². The topological polar surface area (TPSA) is 90.7 Å². The van der Waals surface area contributed by atoms with Crippen molar-refractivity contribution >= 4 is 22.7 Å². The van der Waals surface area contributed by atoms with E-state index in [1.165, 1.54) is 10.8 Å². The lowest BCUT2D eigenvalue weighted by atomic mass is 10.1. The van der Waals surface area contributed by atoms with Gasteiger partial charge < -0.3 is 11.5 Å². The van der Waals surface area contributed by atoms with Gasteiger partial charge >= 0.3 is 0 Å². The summed E-state index contributed by atoms with van der Waals surface area (Å²) in [6.07, 6.45) is 0.585. The first-order chi connectivity index (χ1) is 9.20. The first kappa shape index (κ1) is 11.4. The number of nitrogens with zero attached hydrogens (tertiary/aromatic N) is 3. The first-order valence-electron chi connectivity index (χ1n) is 5.94. The molecule has 0 aliphatic rings. The third-order valence-electron chi connectivity index (χ3n) is 2.89. The van der Waals surface area contributed by atoms with Gasteiger partial charge in [-0.1, -0.05) is 42.5 Å². The summed E-state index contributed by atoms with van der Waals surface area (Å²) in [5.74, 6) is 0.895. The van der Waals surface area contributed by atoms with E-state index < -0.39 is 0 Å². The zero-order valence-electron chi connectivity index (χ0n) is 10.2. The van der Waals surface area contributed by atoms with Crippen molar-refractivity contribution < 1.29 is 0 Å². The van der Waals surface area contributed by atoms with Crippen LogP contribution in [-0.2, 0) is 6.42 Å². The molecule has 0 atom stereocenters. The lowest BCUT2D eigenvalue weighted by Crippen LogP contribution is -2.07. The van der Waals surface area contributed by atoms with Crippen molar-refractivity contribution in [3.63, 3.8) is 0 Å². The van der Waals surface area contributed by atoms with E-state index in [9.17, 15) is 0 Å². The third kappa shape index (κ3) is 2.44. The highest BCUT2D eigenvalue weighted by molar-refractivity contribution is 5.83. The van der Waals surface area contributed by atoms with Crippen LogP contribution in [0.25, 0.3) is 10.8 Å². The fourth-order valence-corrected chi connectivity index (χ4v) is 2.07. The third-order valence-corrected chi connectivity index (χ3v) is 2.89. The number of hydrogen-bond acceptors (Lipinski definition) is 5. The van der Waals surface area contributed by atoms with Crippen LogP contribution < -0.4 is 11.5 Å². The average Bonchev–Trinajstić information content (AvgIpc) is 2.37. The highest BCUT2D eigenvalue weighted by atomic mass is 15.1. The van der Waals surface area contributed by atoms with Gasteiger partial charge in [0.05, 0.1) is 0 Å². The van der Waals surface area contributed by atoms with Crippen LogP contribution in [0.2, 0.25) is 0 Å². The van der Waals surface area contributed by atoms with Gasteiger partial charge in [-0.2, -0.15) is 15.0 Å². The molecule has 0 aliphatic heterocycles. The normalized spacial score (nSPS) is 10.7. The SMILES string of the molecule is Nc1nc(N)nc(Cc2ccc3ccccc3c2)n1. The molecule has 1 aromatic heterocycles. The molecule has 0 fully saturated rings. The fraction of sp³-hybridized carbons (Fsp3) is 0.0714. The molecule has 5 nitrogen and oxygen atoms in total. The summed E-state index contributed by atoms with van der Waals surface area (Å²) in [6, 6.07) is 14.5. The molecule has 4 N–H and O–H groups in total. The molecule has 5 heteroatoms. The number of aromatic nitrogens is 3. The summed E-state index contributed by atoms with van der Waals surface area (Å²) >= 11 is 0. The second-order valence-electron chi connectivity index (χ2n) is 4.33. The fourth-order valence-electron chi connectivity index (χ4n) is 2.07. The highest BCUT2D eigenvalue weighted by Crippen LogP contribution is 2.17. The van der Waals surface area contributed by atoms with Gasteiger partial charge in [-0.15, -0.1) is 0 Å². The predicted octanol–water partition coefficient (Wildman–Crippen LogP) is 1.78. The van der Waals surface area contributed by atoms with Crippen molar-refractivity contribution in [2.24, 2.45) is 0 Å². The first-order valence-corrected chi connectivity index (χ1v) is 5.94. The molecule has 0 spiro atoms. The smallest absolute Gasteiger partial charge is 0.225 e. The number of rotatable bonds is 2. The summed E-state index contributed by atoms with van der Waals surface area (Å²) in [5.41, 5.74) is 12.2. The molecule has 1 heterocycles. The van der Waals surface area contributed by atoms with Crippen molar-refractivity contribution in [3.05, 3.63) is 53.9 Å². The Hall–Kier alpha value is -2.69. The second-order valence-corrected chi connectivity index (χ2v) is 4.33. The molecular formula is C14H13N5. The summed E-state index contributed by atoms with van der Waals surface area (Å²) < 4.78 is 0. The number of benzene rings is 2. The molecule has 0 aliphatic carbocycles. The molecule has 0 saturated heterocycles. The van der Waals surface area contributed by atoms with Crippen molar-refractivity contribution in [1.82, 2.24) is 15.0 Å². The zero-order valence-corrected chi connectivity index (χ0v) is 10.2. The van der Waals surface area contributed by atoms with E-state index in [1.54, 1.807) is 0 Å². The summed E-state index contributed by atoms with van der Waals surface area (Å²) in [7, 11) is 0. The van der Waals surface area contributed by atoms with Crippen LogP contribution >= 0.6 is 0 Å². The van der Waals surface area contributed by atoms with Crippen LogP contribution in [0.4, 0.5) is 11.9 Å². The van der Waals surface area contributed by atoms with Gasteiger partial charge in [0.15, 0.2) is 0 Å². The molecule has 0 bridgehead atoms. The second kappa shape index (κ2) is 4.53. The number of hydrogen-bond donors (Lipinski definition) is 2. The van der Waals surface area contributed by atoms with Gasteiger partial charge in [0.1, 0.15) is 5.82 Å². The van der Waals surface area contributed by atoms with E-state index in [0.29, 0.717) is 12.2 Å². The van der Waals surface area contributed by atoms with Crippen LogP contribution in [-0.4, -0.2) is 15.0 Å². The minimum absolute atomic E-state index is 0.156. The number of anilines is 2. The Labute approximate surface area is 110 Å². The molecule has 2 aromatic carbocycles. The van der Waals surface area contributed by atoms with Crippen molar-refractivity contribution in [2.75, 3.05) is 11.5 Å². The molecule has 0 radical (unpaired) electrons. The predicted molar refractivity (Wildman–Crippen MR) is 75.4 cm³/mol. The van der Waals surface area contributed by atoms with Gasteiger partial charge in [-0.3, -0.25) is 0 Å². The largest absolute Gasteiger partial charge is 0.368 e. The lowest BCUT2D eigenvalue weighted by Gasteiger charge is -2.04. The minimum Gasteiger partial charge on any atom is -0.368 e. The Bertz CT molecular complexity index is 718. The summed E-state index contributed by atoms with van der Waals surface area (Å²) in [4.78, 5) is 11.9. The van der Waals surface area contributed by atoms with Crippen LogP contribution in [0.1, 0.15) is 11.4 Å². The molecular weight excluding hydrogens is 238 g/mol. The Morgan fingerprint density at radius 3 is 2.21 bits per heavy atom. The lowest BCUT2D eigenvalue weighted by molar-refractivity contribution is 0.940. The van der Waals surface area contributed by atoms with Crippen LogP contribution in [0.3, 0.4) is 0 Å². The molecule has 3 rings (SSSR count). The van der Waals surface area contributed by atoms with Crippen molar-refractivity contribution in [3.8, 4) is 0 Å². The average molecular weight is 251 g/mol. The molecule has 0 saturated carbocycles. The van der Waals surface area contributed by atoms with Gasteiger partial charge in [0, 0.05) is 6.42 Å². The van der Waals surface area contributed by atoms with Gasteiger partial charge in [-0.05, 0) is 16.3 Å². The van der Waals surface area contributed by atoms with E-state index in [1.807, 2.05) is 12.1 Å². The van der Waals surface area contributed by atoms with Crippen LogP contribution in [0.15, 0.2) is 42.5 Å². The maximum Gasteiger partial charge on any atom is 0.225 e. The Morgan fingerprint density at radius 1 is 0.789 bits per heavy atom. The Kier molecular flexibility index (Phi) is 2.72. The van der Waals surface area contributed by atoms with E-state index in [4.69, 9.17) is 11.5 Å². The van der Waals surface area contributed by atoms with Crippen molar-refractivity contribution in [1.29, 1.82) is 0 Å². The quantitative estimate of drug-likeness (QED) is 0.724. The summed E-state index contributed by atoms with van der Waals surface area (Å²) in [5, 5.41) is 2.40. The van der Waals surface area contributed by atoms with Gasteiger partial charge in [0.25, 0.3) is 0 Å². The van der Waals surface area contributed by atoms with Crippen molar-refractivity contribution in [2.45, 2.75) is 6.42 Å². The van der Waals surface area contributed by atoms with E-state index in [-0.39, 0.29) is 11.9 Å². The maximum atomic E-state index is 5.56. The summed E-state index contributed by atoms with van der Waals surface area (Å²) in [6.45, 7) is 0. The zero-order chi connectivity index (χ0) is 13.2. The van der Waals surface area contributed by atoms with Gasteiger partial charge in [-0.25, -0.2) is 0 Å². The van der Waals surface area contributed by atoms with E-state index >= 15 is 0 Å². The van der Waals surface area contributed by atoms with Gasteiger partial charge in [0.2, 0.25) is 11.9 Å². The number of nitrogens with two attached hydrogens (primary N) is 2. The van der Waals surface area contributed by atoms with Crippen LogP contribution in [0, 0.1) is 0 Å². The molecule has 19 heavy (non-hydrogen) atoms. The molecule has 94 valence electrons. The monoisotopic (exact) mass is 251 g/mol. The molecule has 3 aromatic rings. The Morgan fingerprint density at radius 2 is 1.47 bits per heavy atom. The minimum atomic E-state index is 0.156. The van der Waals surface area contributed by atoms with Crippen LogP contribution in [0.5, 0.6) is 0 Å². The number of fused-ring (bicyclic) bond motifs is 1. The Balaban J connectivity index is 1.96. The molecule has 0 amide bonds. The number of nitrogen functional groups attached to an aromatic ring is 2. The van der Waals surface area contributed by atoms with E-state index in [0.717, 1.165) is 5.56 Å². The standard InChI is InChI=1S/C14H13N5/c15-13-17-12(18-14(16)19-13)8-9-5-6-10-3-1-2-4-11(10)7-9/h1-7H,8H2,(H4,15,16,17,18,19).